The van der Waals surface area contributed by atoms with E-state index in [4.69, 9.17) is 4.74 Å². The zero-order chi connectivity index (χ0) is 14.1. The predicted molar refractivity (Wildman–Crippen MR) is 74.7 cm³/mol. The Balaban J connectivity index is 2.37. The normalized spacial score (nSPS) is 10.8. The van der Waals surface area contributed by atoms with Gasteiger partial charge in [-0.3, -0.25) is 9.78 Å². The van der Waals surface area contributed by atoms with Crippen LogP contribution in [0.25, 0.3) is 0 Å². The second-order valence-electron chi connectivity index (χ2n) is 4.41. The number of nitrogens with one attached hydrogen (secondary N) is 2. The molecule has 0 saturated heterocycles. The molecule has 1 aromatic rings. The van der Waals surface area contributed by atoms with Gasteiger partial charge in [-0.1, -0.05) is 6.92 Å². The molecule has 0 atom stereocenters. The van der Waals surface area contributed by atoms with E-state index in [-0.39, 0.29) is 11.2 Å². The molecular formula is C13H23N3O3. The number of rotatable bonds is 9. The molecule has 1 heterocycles. The summed E-state index contributed by atoms with van der Waals surface area (Å²) in [5.74, 6) is 0. The molecule has 1 rings (SSSR count). The van der Waals surface area contributed by atoms with E-state index in [9.17, 15) is 9.59 Å². The van der Waals surface area contributed by atoms with Crippen LogP contribution in [0, 0.1) is 0 Å². The van der Waals surface area contributed by atoms with E-state index in [0.717, 1.165) is 25.9 Å². The van der Waals surface area contributed by atoms with Crippen molar-refractivity contribution >= 4 is 0 Å². The van der Waals surface area contributed by atoms with Crippen LogP contribution >= 0.6 is 0 Å². The Hall–Kier alpha value is -1.40. The molecular weight excluding hydrogens is 246 g/mol. The van der Waals surface area contributed by atoms with Crippen LogP contribution in [0.1, 0.15) is 25.3 Å². The van der Waals surface area contributed by atoms with Gasteiger partial charge in [0.1, 0.15) is 0 Å². The molecule has 19 heavy (non-hydrogen) atoms. The summed E-state index contributed by atoms with van der Waals surface area (Å²) in [5, 5.41) is 3.25. The van der Waals surface area contributed by atoms with Gasteiger partial charge in [0.05, 0.1) is 6.61 Å². The fraction of sp³-hybridized carbons (Fsp3) is 0.692. The standard InChI is InChI=1S/C13H23N3O3/c1-3-11-10-16(13(18)15-12(11)17)8-5-4-6-14-7-9-19-2/h10,14H,3-9H2,1-2H3,(H,15,17,18). The fourth-order valence-corrected chi connectivity index (χ4v) is 1.80. The lowest BCUT2D eigenvalue weighted by molar-refractivity contribution is 0.199. The zero-order valence-corrected chi connectivity index (χ0v) is 11.7. The van der Waals surface area contributed by atoms with Gasteiger partial charge < -0.3 is 14.6 Å². The van der Waals surface area contributed by atoms with Crippen LogP contribution in [0.5, 0.6) is 0 Å². The highest BCUT2D eigenvalue weighted by Crippen LogP contribution is 1.94. The highest BCUT2D eigenvalue weighted by Gasteiger charge is 2.02. The minimum Gasteiger partial charge on any atom is -0.383 e. The largest absolute Gasteiger partial charge is 0.383 e. The number of unbranched alkanes of at least 4 members (excludes halogenated alkanes) is 1. The molecule has 0 aliphatic carbocycles. The van der Waals surface area contributed by atoms with Crippen molar-refractivity contribution in [2.24, 2.45) is 0 Å². The quantitative estimate of drug-likeness (QED) is 0.624. The van der Waals surface area contributed by atoms with Gasteiger partial charge in [0.15, 0.2) is 0 Å². The first-order valence-electron chi connectivity index (χ1n) is 6.71. The van der Waals surface area contributed by atoms with Crippen molar-refractivity contribution in [2.75, 3.05) is 26.8 Å². The monoisotopic (exact) mass is 269 g/mol. The minimum atomic E-state index is -0.324. The predicted octanol–water partition coefficient (Wildman–Crippen LogP) is 0.115. The molecule has 0 aliphatic heterocycles. The molecule has 0 amide bonds. The van der Waals surface area contributed by atoms with Crippen LogP contribution in [0.3, 0.4) is 0 Å². The third-order valence-electron chi connectivity index (χ3n) is 2.95. The Morgan fingerprint density at radius 2 is 2.11 bits per heavy atom. The van der Waals surface area contributed by atoms with E-state index in [1.807, 2.05) is 6.92 Å². The molecule has 6 nitrogen and oxygen atoms in total. The second kappa shape index (κ2) is 8.66. The van der Waals surface area contributed by atoms with Gasteiger partial charge in [-0.15, -0.1) is 0 Å². The molecule has 0 spiro atoms. The summed E-state index contributed by atoms with van der Waals surface area (Å²) in [6.45, 7) is 4.99. The number of methoxy groups -OCH3 is 1. The van der Waals surface area contributed by atoms with E-state index in [1.54, 1.807) is 17.9 Å². The average molecular weight is 269 g/mol. The van der Waals surface area contributed by atoms with Crippen molar-refractivity contribution < 1.29 is 4.74 Å². The Bertz CT molecular complexity index is 479. The molecule has 0 aromatic carbocycles. The first-order chi connectivity index (χ1) is 9.19. The molecule has 0 bridgehead atoms. The van der Waals surface area contributed by atoms with E-state index >= 15 is 0 Å². The van der Waals surface area contributed by atoms with Gasteiger partial charge in [-0.2, -0.15) is 0 Å². The Morgan fingerprint density at radius 1 is 1.32 bits per heavy atom. The molecule has 0 radical (unpaired) electrons. The highest BCUT2D eigenvalue weighted by molar-refractivity contribution is 5.03. The van der Waals surface area contributed by atoms with Crippen molar-refractivity contribution in [3.8, 4) is 0 Å². The van der Waals surface area contributed by atoms with Gasteiger partial charge in [0, 0.05) is 32.0 Å². The fourth-order valence-electron chi connectivity index (χ4n) is 1.80. The van der Waals surface area contributed by atoms with Crippen LogP contribution in [-0.4, -0.2) is 36.4 Å². The van der Waals surface area contributed by atoms with Crippen LogP contribution in [0.2, 0.25) is 0 Å². The lowest BCUT2D eigenvalue weighted by Crippen LogP contribution is -2.31. The minimum absolute atomic E-state index is 0.273. The lowest BCUT2D eigenvalue weighted by atomic mass is 10.2. The van der Waals surface area contributed by atoms with E-state index < -0.39 is 0 Å². The van der Waals surface area contributed by atoms with Crippen LogP contribution in [0.4, 0.5) is 0 Å². The first kappa shape index (κ1) is 15.7. The molecule has 6 heteroatoms. The van der Waals surface area contributed by atoms with Crippen molar-refractivity contribution in [3.05, 3.63) is 32.6 Å². The highest BCUT2D eigenvalue weighted by atomic mass is 16.5. The summed E-state index contributed by atoms with van der Waals surface area (Å²) in [6, 6.07) is 0. The Kier molecular flexibility index (Phi) is 7.14. The summed E-state index contributed by atoms with van der Waals surface area (Å²) in [4.78, 5) is 25.3. The zero-order valence-electron chi connectivity index (χ0n) is 11.7. The van der Waals surface area contributed by atoms with Crippen LogP contribution in [-0.2, 0) is 17.7 Å². The van der Waals surface area contributed by atoms with Gasteiger partial charge in [-0.05, 0) is 25.8 Å². The number of ether oxygens (including phenoxy) is 1. The van der Waals surface area contributed by atoms with Gasteiger partial charge in [0.2, 0.25) is 0 Å². The summed E-state index contributed by atoms with van der Waals surface area (Å²) in [5.41, 5.74) is 0.0531. The van der Waals surface area contributed by atoms with Gasteiger partial charge in [-0.25, -0.2) is 4.79 Å². The average Bonchev–Trinajstić information content (AvgIpc) is 2.40. The summed E-state index contributed by atoms with van der Waals surface area (Å²) < 4.78 is 6.51. The third kappa shape index (κ3) is 5.40. The second-order valence-corrected chi connectivity index (χ2v) is 4.41. The number of nitrogens with zero attached hydrogens (tertiary/aromatic N) is 1. The van der Waals surface area contributed by atoms with Gasteiger partial charge >= 0.3 is 5.69 Å². The van der Waals surface area contributed by atoms with Crippen molar-refractivity contribution in [1.82, 2.24) is 14.9 Å². The number of aromatic nitrogens is 2. The lowest BCUT2D eigenvalue weighted by Gasteiger charge is -2.07. The molecule has 1 aromatic heterocycles. The van der Waals surface area contributed by atoms with E-state index in [1.165, 1.54) is 0 Å². The maximum Gasteiger partial charge on any atom is 0.328 e. The molecule has 0 saturated carbocycles. The maximum atomic E-state index is 11.6. The molecule has 0 unspecified atom stereocenters. The van der Waals surface area contributed by atoms with Crippen molar-refractivity contribution in [1.29, 1.82) is 0 Å². The third-order valence-corrected chi connectivity index (χ3v) is 2.95. The van der Waals surface area contributed by atoms with Gasteiger partial charge in [0.25, 0.3) is 5.56 Å². The maximum absolute atomic E-state index is 11.6. The van der Waals surface area contributed by atoms with Crippen molar-refractivity contribution in [3.63, 3.8) is 0 Å². The number of aryl methyl sites for hydroxylation is 2. The number of hydrogen-bond donors (Lipinski definition) is 2. The number of aromatic amines is 1. The topological polar surface area (TPSA) is 76.1 Å². The molecule has 0 fully saturated rings. The first-order valence-corrected chi connectivity index (χ1v) is 6.71. The molecule has 108 valence electrons. The van der Waals surface area contributed by atoms with Crippen LogP contribution in [0.15, 0.2) is 15.8 Å². The Morgan fingerprint density at radius 3 is 2.79 bits per heavy atom. The SMILES string of the molecule is CCc1cn(CCCCNCCOC)c(=O)[nH]c1=O. The Labute approximate surface area is 112 Å². The summed E-state index contributed by atoms with van der Waals surface area (Å²) in [6.07, 6.45) is 4.18. The summed E-state index contributed by atoms with van der Waals surface area (Å²) in [7, 11) is 1.68. The van der Waals surface area contributed by atoms with E-state index in [0.29, 0.717) is 25.1 Å². The molecule has 2 N–H and O–H groups in total. The summed E-state index contributed by atoms with van der Waals surface area (Å²) >= 11 is 0. The number of H-pyrrole nitrogens is 1. The smallest absolute Gasteiger partial charge is 0.328 e. The molecule has 0 aliphatic rings. The van der Waals surface area contributed by atoms with Crippen molar-refractivity contribution in [2.45, 2.75) is 32.7 Å². The van der Waals surface area contributed by atoms with E-state index in [2.05, 4.69) is 10.3 Å². The van der Waals surface area contributed by atoms with Crippen LogP contribution < -0.4 is 16.6 Å². The number of hydrogen-bond acceptors (Lipinski definition) is 4.